The Bertz CT molecular complexity index is 1460. The highest BCUT2D eigenvalue weighted by molar-refractivity contribution is 7.34. The van der Waals surface area contributed by atoms with Crippen LogP contribution in [0.3, 0.4) is 0 Å². The minimum atomic E-state index is -4.58. The number of hydrazone groups is 1. The Balaban J connectivity index is 1.61. The number of amides is 2. The van der Waals surface area contributed by atoms with Gasteiger partial charge in [0.25, 0.3) is 0 Å². The van der Waals surface area contributed by atoms with E-state index >= 15 is 0 Å². The second kappa shape index (κ2) is 14.5. The number of piperidine rings is 1. The SMILES string of the molecule is CPNC(C)(C)C(=O)NC(COCc1ccc(F)cc1F)C(=O)N1CCC2=NN(CC(F)(F)F)CC(=O)C2(Cc2ccccn2)C1. The zero-order valence-electron chi connectivity index (χ0n) is 25.6. The average molecular weight is 671 g/mol. The normalized spacial score (nSPS) is 19.7. The molecule has 3 heterocycles. The summed E-state index contributed by atoms with van der Waals surface area (Å²) in [5.41, 5.74) is -1.76. The third-order valence-corrected chi connectivity index (χ3v) is 8.68. The van der Waals surface area contributed by atoms with E-state index < -0.39 is 65.5 Å². The number of hydrogen-bond donors (Lipinski definition) is 2. The minimum Gasteiger partial charge on any atom is -0.374 e. The summed E-state index contributed by atoms with van der Waals surface area (Å²) in [6.45, 7) is 2.18. The average Bonchev–Trinajstić information content (AvgIpc) is 2.97. The lowest BCUT2D eigenvalue weighted by Gasteiger charge is -2.46. The number of carbonyl (C=O) groups is 3. The summed E-state index contributed by atoms with van der Waals surface area (Å²) in [7, 11) is 0.209. The zero-order chi connectivity index (χ0) is 33.7. The Hall–Kier alpha value is -3.55. The van der Waals surface area contributed by atoms with E-state index in [-0.39, 0.29) is 59.2 Å². The van der Waals surface area contributed by atoms with Gasteiger partial charge in [-0.25, -0.2) is 8.78 Å². The number of fused-ring (bicyclic) bond motifs is 1. The Morgan fingerprint density at radius 1 is 1.17 bits per heavy atom. The van der Waals surface area contributed by atoms with Crippen molar-refractivity contribution in [1.29, 1.82) is 0 Å². The van der Waals surface area contributed by atoms with Gasteiger partial charge in [-0.1, -0.05) is 20.9 Å². The van der Waals surface area contributed by atoms with Crippen LogP contribution < -0.4 is 10.4 Å². The van der Waals surface area contributed by atoms with Gasteiger partial charge in [-0.15, -0.1) is 0 Å². The molecule has 46 heavy (non-hydrogen) atoms. The fraction of sp³-hybridized carbons (Fsp3) is 0.500. The van der Waals surface area contributed by atoms with Crippen molar-refractivity contribution < 1.29 is 41.1 Å². The van der Waals surface area contributed by atoms with Crippen LogP contribution in [0.1, 0.15) is 31.5 Å². The Kier molecular flexibility index (Phi) is 11.1. The molecule has 0 bridgehead atoms. The molecule has 0 saturated carbocycles. The predicted molar refractivity (Wildman–Crippen MR) is 161 cm³/mol. The maximum absolute atomic E-state index is 14.2. The van der Waals surface area contributed by atoms with E-state index in [0.717, 1.165) is 6.07 Å². The van der Waals surface area contributed by atoms with E-state index in [1.165, 1.54) is 17.2 Å². The van der Waals surface area contributed by atoms with Crippen molar-refractivity contribution in [2.45, 2.75) is 51.1 Å². The lowest BCUT2D eigenvalue weighted by Crippen LogP contribution is -2.64. The van der Waals surface area contributed by atoms with Crippen molar-refractivity contribution in [3.63, 3.8) is 0 Å². The number of benzene rings is 1. The molecule has 1 saturated heterocycles. The number of halogens is 5. The van der Waals surface area contributed by atoms with Gasteiger partial charge in [0, 0.05) is 49.5 Å². The maximum Gasteiger partial charge on any atom is 0.407 e. The number of rotatable bonds is 12. The van der Waals surface area contributed by atoms with E-state index in [9.17, 15) is 36.3 Å². The van der Waals surface area contributed by atoms with Crippen molar-refractivity contribution in [1.82, 2.24) is 25.3 Å². The van der Waals surface area contributed by atoms with Crippen LogP contribution in [-0.4, -0.2) is 95.4 Å². The minimum absolute atomic E-state index is 0.000884. The van der Waals surface area contributed by atoms with Crippen LogP contribution in [0.25, 0.3) is 0 Å². The van der Waals surface area contributed by atoms with E-state index in [4.69, 9.17) is 4.74 Å². The summed E-state index contributed by atoms with van der Waals surface area (Å²) in [5.74, 6) is -3.26. The first-order valence-corrected chi connectivity index (χ1v) is 16.0. The number of pyridine rings is 1. The summed E-state index contributed by atoms with van der Waals surface area (Å²) < 4.78 is 72.8. The number of hydrogen-bond acceptors (Lipinski definition) is 8. The second-order valence-corrected chi connectivity index (χ2v) is 12.5. The topological polar surface area (TPSA) is 116 Å². The highest BCUT2D eigenvalue weighted by atomic mass is 31.1. The van der Waals surface area contributed by atoms with Crippen LogP contribution in [0.4, 0.5) is 22.0 Å². The number of ketones is 1. The lowest BCUT2D eigenvalue weighted by molar-refractivity contribution is -0.153. The number of likely N-dealkylation sites (tertiary alicyclic amines) is 1. The number of nitrogens with one attached hydrogen (secondary N) is 2. The van der Waals surface area contributed by atoms with Crippen LogP contribution in [0, 0.1) is 17.0 Å². The highest BCUT2D eigenvalue weighted by Crippen LogP contribution is 2.37. The Morgan fingerprint density at radius 3 is 2.59 bits per heavy atom. The van der Waals surface area contributed by atoms with Crippen molar-refractivity contribution in [2.24, 2.45) is 10.5 Å². The number of carbonyl (C=O) groups excluding carboxylic acids is 3. The van der Waals surface area contributed by atoms with Gasteiger partial charge in [-0.3, -0.25) is 29.5 Å². The molecule has 0 radical (unpaired) electrons. The largest absolute Gasteiger partial charge is 0.407 e. The van der Waals surface area contributed by atoms with Crippen molar-refractivity contribution in [3.05, 3.63) is 65.5 Å². The molecule has 4 rings (SSSR count). The van der Waals surface area contributed by atoms with Crippen LogP contribution in [-0.2, 0) is 32.1 Å². The molecule has 250 valence electrons. The summed E-state index contributed by atoms with van der Waals surface area (Å²) in [6, 6.07) is 6.77. The van der Waals surface area contributed by atoms with Crippen LogP contribution >= 0.6 is 8.73 Å². The molecule has 2 amide bonds. The van der Waals surface area contributed by atoms with Crippen LogP contribution in [0.15, 0.2) is 47.7 Å². The summed E-state index contributed by atoms with van der Waals surface area (Å²) in [4.78, 5) is 46.7. The fourth-order valence-corrected chi connectivity index (χ4v) is 6.22. The molecule has 3 atom stereocenters. The van der Waals surface area contributed by atoms with Crippen molar-refractivity contribution >= 4 is 32.0 Å². The molecule has 1 fully saturated rings. The first-order chi connectivity index (χ1) is 21.6. The number of aromatic nitrogens is 1. The third kappa shape index (κ3) is 8.62. The molecular formula is C30H36F5N6O4P. The standard InChI is InChI=1S/C30H36F5N6O4P/c1-28(2,39-46-3)27(44)37-23(16-45-15-19-7-8-20(31)12-22(19)32)26(43)40-11-9-24-29(17-40,13-21-6-4-5-10-36-21)25(42)14-41(38-24)18-30(33,34)35/h4-8,10,12,23,39,46H,9,11,13-18H2,1-3H3,(H,37,44). The van der Waals surface area contributed by atoms with Gasteiger partial charge in [0.15, 0.2) is 5.78 Å². The van der Waals surface area contributed by atoms with Gasteiger partial charge in [-0.2, -0.15) is 18.3 Å². The molecule has 10 nitrogen and oxygen atoms in total. The van der Waals surface area contributed by atoms with Gasteiger partial charge in [0.2, 0.25) is 11.8 Å². The molecule has 2 aliphatic rings. The third-order valence-electron chi connectivity index (χ3n) is 7.80. The van der Waals surface area contributed by atoms with Crippen LogP contribution in [0.2, 0.25) is 0 Å². The molecule has 0 aliphatic carbocycles. The maximum atomic E-state index is 14.2. The molecule has 1 aromatic carbocycles. The van der Waals surface area contributed by atoms with E-state index in [1.807, 2.05) is 6.66 Å². The summed E-state index contributed by atoms with van der Waals surface area (Å²) in [5, 5.41) is 10.7. The Morgan fingerprint density at radius 2 is 1.93 bits per heavy atom. The van der Waals surface area contributed by atoms with E-state index in [1.54, 1.807) is 32.0 Å². The van der Waals surface area contributed by atoms with Crippen molar-refractivity contribution in [2.75, 3.05) is 39.5 Å². The van der Waals surface area contributed by atoms with Gasteiger partial charge in [0.1, 0.15) is 24.2 Å². The van der Waals surface area contributed by atoms with Gasteiger partial charge in [-0.05, 0) is 38.7 Å². The van der Waals surface area contributed by atoms with Gasteiger partial charge >= 0.3 is 6.18 Å². The quantitative estimate of drug-likeness (QED) is 0.263. The molecule has 0 spiro atoms. The molecule has 3 unspecified atom stereocenters. The van der Waals surface area contributed by atoms with Gasteiger partial charge in [0.05, 0.1) is 36.4 Å². The monoisotopic (exact) mass is 670 g/mol. The lowest BCUT2D eigenvalue weighted by atomic mass is 9.70. The van der Waals surface area contributed by atoms with Gasteiger partial charge < -0.3 is 15.0 Å². The molecule has 2 aliphatic heterocycles. The zero-order valence-corrected chi connectivity index (χ0v) is 26.6. The number of alkyl halides is 3. The Labute approximate surface area is 265 Å². The smallest absolute Gasteiger partial charge is 0.374 e. The van der Waals surface area contributed by atoms with E-state index in [2.05, 4.69) is 20.5 Å². The molecule has 16 heteroatoms. The highest BCUT2D eigenvalue weighted by Gasteiger charge is 2.52. The van der Waals surface area contributed by atoms with E-state index in [0.29, 0.717) is 16.8 Å². The fourth-order valence-electron chi connectivity index (χ4n) is 5.48. The summed E-state index contributed by atoms with van der Waals surface area (Å²) >= 11 is 0. The molecular weight excluding hydrogens is 634 g/mol. The first kappa shape index (κ1) is 35.3. The number of ether oxygens (including phenoxy) is 1. The molecule has 1 aromatic heterocycles. The second-order valence-electron chi connectivity index (χ2n) is 11.8. The molecule has 2 N–H and O–H groups in total. The number of nitrogens with zero attached hydrogens (tertiary/aromatic N) is 4. The summed E-state index contributed by atoms with van der Waals surface area (Å²) in [6.07, 6.45) is -3.05. The number of Topliss-reactive ketones (excluding diaryl/α,β-unsaturated/α-hetero) is 1. The molecule has 2 aromatic rings. The predicted octanol–water partition coefficient (Wildman–Crippen LogP) is 3.22. The van der Waals surface area contributed by atoms with Crippen LogP contribution in [0.5, 0.6) is 0 Å². The van der Waals surface area contributed by atoms with Crippen molar-refractivity contribution in [3.8, 4) is 0 Å². The first-order valence-electron chi connectivity index (χ1n) is 14.5.